The van der Waals surface area contributed by atoms with Crippen molar-refractivity contribution in [1.29, 1.82) is 0 Å². The summed E-state index contributed by atoms with van der Waals surface area (Å²) < 4.78 is 5.59. The highest BCUT2D eigenvalue weighted by Crippen LogP contribution is 2.27. The van der Waals surface area contributed by atoms with E-state index < -0.39 is 0 Å². The van der Waals surface area contributed by atoms with Crippen LogP contribution in [0.25, 0.3) is 0 Å². The first-order chi connectivity index (χ1) is 9.54. The molecule has 0 fully saturated rings. The molecular weight excluding hydrogens is 292 g/mol. The van der Waals surface area contributed by atoms with Crippen molar-refractivity contribution >= 4 is 29.1 Å². The largest absolute Gasteiger partial charge is 0.473 e. The normalized spacial score (nSPS) is 10.8. The van der Waals surface area contributed by atoms with Crippen molar-refractivity contribution in [3.63, 3.8) is 0 Å². The molecule has 5 heteroatoms. The van der Waals surface area contributed by atoms with Gasteiger partial charge in [-0.2, -0.15) is 0 Å². The lowest BCUT2D eigenvalue weighted by Gasteiger charge is -2.12. The maximum atomic E-state index is 5.87. The van der Waals surface area contributed by atoms with E-state index >= 15 is 0 Å². The van der Waals surface area contributed by atoms with E-state index in [2.05, 4.69) is 4.98 Å². The van der Waals surface area contributed by atoms with Crippen molar-refractivity contribution in [3.05, 3.63) is 47.0 Å². The first-order valence-corrected chi connectivity index (χ1v) is 7.71. The summed E-state index contributed by atoms with van der Waals surface area (Å²) in [5, 5.41) is 1.64. The minimum absolute atomic E-state index is 0.0568. The van der Waals surface area contributed by atoms with Gasteiger partial charge in [0.2, 0.25) is 5.88 Å². The summed E-state index contributed by atoms with van der Waals surface area (Å²) in [6, 6.07) is 11.5. The molecule has 0 aliphatic rings. The Morgan fingerprint density at radius 3 is 2.55 bits per heavy atom. The molecule has 0 amide bonds. The quantitative estimate of drug-likeness (QED) is 0.832. The van der Waals surface area contributed by atoms with Crippen LogP contribution in [0.1, 0.15) is 19.4 Å². The van der Waals surface area contributed by atoms with Crippen molar-refractivity contribution in [1.82, 2.24) is 4.98 Å². The zero-order valence-corrected chi connectivity index (χ0v) is 13.0. The number of pyridine rings is 1. The number of thioether (sulfide) groups is 1. The smallest absolute Gasteiger partial charge is 0.238 e. The molecule has 0 bridgehead atoms. The lowest BCUT2D eigenvalue weighted by Crippen LogP contribution is -2.09. The fourth-order valence-electron chi connectivity index (χ4n) is 1.57. The average molecular weight is 309 g/mol. The van der Waals surface area contributed by atoms with E-state index in [0.29, 0.717) is 11.6 Å². The zero-order chi connectivity index (χ0) is 14.5. The Morgan fingerprint density at radius 2 is 1.90 bits per heavy atom. The molecule has 2 aromatic rings. The molecule has 2 rings (SSSR count). The predicted octanol–water partition coefficient (Wildman–Crippen LogP) is 4.40. The lowest BCUT2D eigenvalue weighted by atomic mass is 10.2. The number of nitrogens with zero attached hydrogens (tertiary/aromatic N) is 1. The van der Waals surface area contributed by atoms with Gasteiger partial charge in [-0.3, -0.25) is 0 Å². The second-order valence-corrected chi connectivity index (χ2v) is 6.06. The third-order valence-electron chi connectivity index (χ3n) is 2.51. The summed E-state index contributed by atoms with van der Waals surface area (Å²) in [6.07, 6.45) is 0.0568. The molecule has 2 N–H and O–H groups in total. The number of ether oxygens (including phenoxy) is 1. The standard InChI is InChI=1S/C15H17ClN2OS/c1-10(2)19-15-13(17)7-8-14(18-15)20-9-11-3-5-12(16)6-4-11/h3-8,10H,9,17H2,1-2H3. The van der Waals surface area contributed by atoms with Gasteiger partial charge < -0.3 is 10.5 Å². The van der Waals surface area contributed by atoms with Crippen LogP contribution in [0.15, 0.2) is 41.4 Å². The molecule has 0 radical (unpaired) electrons. The molecule has 0 aliphatic heterocycles. The van der Waals surface area contributed by atoms with Gasteiger partial charge in [0.25, 0.3) is 0 Å². The number of nitrogen functional groups attached to an aromatic ring is 1. The van der Waals surface area contributed by atoms with Gasteiger partial charge in [0.05, 0.1) is 11.8 Å². The lowest BCUT2D eigenvalue weighted by molar-refractivity contribution is 0.232. The topological polar surface area (TPSA) is 48.1 Å². The summed E-state index contributed by atoms with van der Waals surface area (Å²) in [5.41, 5.74) is 7.61. The van der Waals surface area contributed by atoms with Crippen molar-refractivity contribution in [2.24, 2.45) is 0 Å². The Bertz CT molecular complexity index is 573. The molecule has 1 aromatic heterocycles. The summed E-state index contributed by atoms with van der Waals surface area (Å²) >= 11 is 7.51. The van der Waals surface area contributed by atoms with Crippen LogP contribution in [-0.4, -0.2) is 11.1 Å². The molecule has 0 atom stereocenters. The van der Waals surface area contributed by atoms with Crippen molar-refractivity contribution < 1.29 is 4.74 Å². The van der Waals surface area contributed by atoms with Gasteiger partial charge in [-0.25, -0.2) is 4.98 Å². The maximum Gasteiger partial charge on any atom is 0.238 e. The van der Waals surface area contributed by atoms with Crippen molar-refractivity contribution in [3.8, 4) is 5.88 Å². The summed E-state index contributed by atoms with van der Waals surface area (Å²) in [5.74, 6) is 1.33. The highest BCUT2D eigenvalue weighted by atomic mass is 35.5. The molecule has 0 spiro atoms. The molecule has 3 nitrogen and oxygen atoms in total. The van der Waals surface area contributed by atoms with Crippen LogP contribution in [0.5, 0.6) is 5.88 Å². The van der Waals surface area contributed by atoms with Gasteiger partial charge in [0.15, 0.2) is 0 Å². The van der Waals surface area contributed by atoms with E-state index in [4.69, 9.17) is 22.1 Å². The number of anilines is 1. The number of halogens is 1. The van der Waals surface area contributed by atoms with Crippen molar-refractivity contribution in [2.45, 2.75) is 30.7 Å². The molecule has 20 heavy (non-hydrogen) atoms. The van der Waals surface area contributed by atoms with Crippen LogP contribution >= 0.6 is 23.4 Å². The number of aromatic nitrogens is 1. The number of hydrogen-bond acceptors (Lipinski definition) is 4. The molecule has 0 saturated heterocycles. The maximum absolute atomic E-state index is 5.87. The molecule has 1 heterocycles. The van der Waals surface area contributed by atoms with Crippen LogP contribution in [0.4, 0.5) is 5.69 Å². The third kappa shape index (κ3) is 4.32. The SMILES string of the molecule is CC(C)Oc1nc(SCc2ccc(Cl)cc2)ccc1N. The Balaban J connectivity index is 2.04. The van der Waals surface area contributed by atoms with Crippen LogP contribution in [0, 0.1) is 0 Å². The van der Waals surface area contributed by atoms with Crippen LogP contribution in [-0.2, 0) is 5.75 Å². The highest BCUT2D eigenvalue weighted by molar-refractivity contribution is 7.98. The minimum Gasteiger partial charge on any atom is -0.473 e. The van der Waals surface area contributed by atoms with Gasteiger partial charge in [-0.1, -0.05) is 23.7 Å². The van der Waals surface area contributed by atoms with E-state index in [-0.39, 0.29) is 6.10 Å². The number of benzene rings is 1. The monoisotopic (exact) mass is 308 g/mol. The Labute approximate surface area is 128 Å². The summed E-state index contributed by atoms with van der Waals surface area (Å²) in [7, 11) is 0. The molecule has 0 aliphatic carbocycles. The number of rotatable bonds is 5. The second kappa shape index (κ2) is 6.86. The first-order valence-electron chi connectivity index (χ1n) is 6.35. The van der Waals surface area contributed by atoms with E-state index in [1.54, 1.807) is 11.8 Å². The second-order valence-electron chi connectivity index (χ2n) is 4.63. The van der Waals surface area contributed by atoms with Crippen LogP contribution in [0.2, 0.25) is 5.02 Å². The first kappa shape index (κ1) is 15.0. The Hall–Kier alpha value is -1.39. The zero-order valence-electron chi connectivity index (χ0n) is 11.5. The molecular formula is C15H17ClN2OS. The minimum atomic E-state index is 0.0568. The van der Waals surface area contributed by atoms with Gasteiger partial charge in [0.1, 0.15) is 5.03 Å². The molecule has 0 unspecified atom stereocenters. The van der Waals surface area contributed by atoms with Gasteiger partial charge in [-0.05, 0) is 43.7 Å². The Morgan fingerprint density at radius 1 is 1.20 bits per heavy atom. The van der Waals surface area contributed by atoms with Gasteiger partial charge >= 0.3 is 0 Å². The van der Waals surface area contributed by atoms with E-state index in [1.165, 1.54) is 5.56 Å². The third-order valence-corrected chi connectivity index (χ3v) is 3.76. The summed E-state index contributed by atoms with van der Waals surface area (Å²) in [4.78, 5) is 4.43. The fraction of sp³-hybridized carbons (Fsp3) is 0.267. The molecule has 1 aromatic carbocycles. The predicted molar refractivity (Wildman–Crippen MR) is 85.4 cm³/mol. The fourth-order valence-corrected chi connectivity index (χ4v) is 2.51. The van der Waals surface area contributed by atoms with E-state index in [0.717, 1.165) is 15.8 Å². The number of hydrogen-bond donors (Lipinski definition) is 1. The summed E-state index contributed by atoms with van der Waals surface area (Å²) in [6.45, 7) is 3.91. The van der Waals surface area contributed by atoms with Crippen molar-refractivity contribution in [2.75, 3.05) is 5.73 Å². The van der Waals surface area contributed by atoms with Gasteiger partial charge in [-0.15, -0.1) is 11.8 Å². The number of nitrogens with two attached hydrogens (primary N) is 1. The molecule has 0 saturated carbocycles. The van der Waals surface area contributed by atoms with E-state index in [9.17, 15) is 0 Å². The van der Waals surface area contributed by atoms with Crippen LogP contribution < -0.4 is 10.5 Å². The molecule has 106 valence electrons. The average Bonchev–Trinajstić information content (AvgIpc) is 2.41. The van der Waals surface area contributed by atoms with Gasteiger partial charge in [0, 0.05) is 10.8 Å². The van der Waals surface area contributed by atoms with Crippen LogP contribution in [0.3, 0.4) is 0 Å². The Kier molecular flexibility index (Phi) is 5.15. The highest BCUT2D eigenvalue weighted by Gasteiger charge is 2.07. The van der Waals surface area contributed by atoms with E-state index in [1.807, 2.05) is 50.2 Å².